The van der Waals surface area contributed by atoms with Crippen LogP contribution in [0, 0.1) is 18.3 Å². The minimum Gasteiger partial charge on any atom is -0.395 e. The number of nitriles is 1. The Labute approximate surface area is 107 Å². The number of anilines is 1. The van der Waals surface area contributed by atoms with Gasteiger partial charge in [-0.2, -0.15) is 5.26 Å². The molecule has 18 heavy (non-hydrogen) atoms. The van der Waals surface area contributed by atoms with Crippen molar-refractivity contribution in [3.8, 4) is 6.07 Å². The van der Waals surface area contributed by atoms with Crippen LogP contribution >= 0.6 is 0 Å². The van der Waals surface area contributed by atoms with Crippen molar-refractivity contribution >= 4 is 5.82 Å². The van der Waals surface area contributed by atoms with Gasteiger partial charge in [-0.3, -0.25) is 4.90 Å². The quantitative estimate of drug-likeness (QED) is 0.835. The van der Waals surface area contributed by atoms with Crippen molar-refractivity contribution < 1.29 is 5.11 Å². The van der Waals surface area contributed by atoms with Crippen molar-refractivity contribution in [1.82, 2.24) is 9.88 Å². The van der Waals surface area contributed by atoms with E-state index in [1.165, 1.54) is 0 Å². The van der Waals surface area contributed by atoms with Gasteiger partial charge in [0.15, 0.2) is 0 Å². The summed E-state index contributed by atoms with van der Waals surface area (Å²) in [4.78, 5) is 8.71. The molecule has 0 saturated carbocycles. The van der Waals surface area contributed by atoms with Gasteiger partial charge in [-0.05, 0) is 18.6 Å². The Bertz CT molecular complexity index is 447. The van der Waals surface area contributed by atoms with Gasteiger partial charge in [0.25, 0.3) is 0 Å². The van der Waals surface area contributed by atoms with Crippen molar-refractivity contribution in [2.45, 2.75) is 6.92 Å². The first-order valence-corrected chi connectivity index (χ1v) is 6.20. The molecule has 1 fully saturated rings. The molecule has 96 valence electrons. The maximum Gasteiger partial charge on any atom is 0.146 e. The molecule has 1 saturated heterocycles. The van der Waals surface area contributed by atoms with Crippen LogP contribution in [0.4, 0.5) is 5.82 Å². The predicted octanol–water partition coefficient (Wildman–Crippen LogP) is 0.376. The Morgan fingerprint density at radius 2 is 2.11 bits per heavy atom. The molecule has 0 aliphatic carbocycles. The molecule has 5 nitrogen and oxygen atoms in total. The molecule has 0 unspecified atom stereocenters. The van der Waals surface area contributed by atoms with Crippen LogP contribution in [0.3, 0.4) is 0 Å². The van der Waals surface area contributed by atoms with Crippen LogP contribution in [-0.2, 0) is 0 Å². The minimum absolute atomic E-state index is 0.201. The summed E-state index contributed by atoms with van der Waals surface area (Å²) in [5.74, 6) is 0.793. The van der Waals surface area contributed by atoms with Crippen molar-refractivity contribution in [2.75, 3.05) is 44.2 Å². The number of aromatic nitrogens is 1. The zero-order valence-corrected chi connectivity index (χ0v) is 10.6. The largest absolute Gasteiger partial charge is 0.395 e. The molecule has 1 aliphatic heterocycles. The van der Waals surface area contributed by atoms with E-state index in [0.717, 1.165) is 44.1 Å². The lowest BCUT2D eigenvalue weighted by Gasteiger charge is -2.35. The molecule has 0 bridgehead atoms. The zero-order valence-electron chi connectivity index (χ0n) is 10.6. The highest BCUT2D eigenvalue weighted by Crippen LogP contribution is 2.21. The molecule has 5 heteroatoms. The summed E-state index contributed by atoms with van der Waals surface area (Å²) < 4.78 is 0. The molecule has 0 aromatic carbocycles. The lowest BCUT2D eigenvalue weighted by Crippen LogP contribution is -2.47. The molecular weight excluding hydrogens is 228 g/mol. The number of β-amino-alcohol motifs (C(OH)–C–C–N with tert-alkyl or cyclic N) is 1. The number of pyridine rings is 1. The molecule has 0 spiro atoms. The van der Waals surface area contributed by atoms with E-state index in [0.29, 0.717) is 5.56 Å². The molecule has 0 atom stereocenters. The van der Waals surface area contributed by atoms with Crippen molar-refractivity contribution in [3.05, 3.63) is 23.4 Å². The zero-order chi connectivity index (χ0) is 13.0. The average Bonchev–Trinajstić information content (AvgIpc) is 2.40. The van der Waals surface area contributed by atoms with E-state index in [1.807, 2.05) is 13.0 Å². The third-order valence-electron chi connectivity index (χ3n) is 3.34. The maximum absolute atomic E-state index is 9.21. The second kappa shape index (κ2) is 5.80. The summed E-state index contributed by atoms with van der Waals surface area (Å²) in [6.45, 7) is 6.37. The highest BCUT2D eigenvalue weighted by atomic mass is 16.3. The summed E-state index contributed by atoms with van der Waals surface area (Å²) in [7, 11) is 0. The number of piperazine rings is 1. The van der Waals surface area contributed by atoms with E-state index in [9.17, 15) is 5.26 Å². The van der Waals surface area contributed by atoms with E-state index < -0.39 is 0 Å². The Morgan fingerprint density at radius 3 is 2.72 bits per heavy atom. The molecule has 2 heterocycles. The standard InChI is InChI=1S/C13H18N4O/c1-11-2-3-15-13(12(11)10-14)17-6-4-16(5-7-17)8-9-18/h2-3,18H,4-9H2,1H3. The van der Waals surface area contributed by atoms with Gasteiger partial charge in [-0.1, -0.05) is 0 Å². The van der Waals surface area contributed by atoms with E-state index in [2.05, 4.69) is 20.9 Å². The van der Waals surface area contributed by atoms with Crippen LogP contribution in [0.15, 0.2) is 12.3 Å². The third-order valence-corrected chi connectivity index (χ3v) is 3.34. The first-order chi connectivity index (χ1) is 8.76. The maximum atomic E-state index is 9.21. The number of hydrogen-bond donors (Lipinski definition) is 1. The van der Waals surface area contributed by atoms with E-state index in [4.69, 9.17) is 5.11 Å². The van der Waals surface area contributed by atoms with Gasteiger partial charge in [0.1, 0.15) is 11.9 Å². The molecule has 0 amide bonds. The summed E-state index contributed by atoms with van der Waals surface area (Å²) in [5, 5.41) is 18.1. The number of aliphatic hydroxyl groups is 1. The second-order valence-electron chi connectivity index (χ2n) is 4.49. The fourth-order valence-corrected chi connectivity index (χ4v) is 2.25. The minimum atomic E-state index is 0.201. The topological polar surface area (TPSA) is 63.4 Å². The van der Waals surface area contributed by atoms with Crippen LogP contribution in [0.1, 0.15) is 11.1 Å². The lowest BCUT2D eigenvalue weighted by atomic mass is 10.1. The van der Waals surface area contributed by atoms with Gasteiger partial charge in [-0.15, -0.1) is 0 Å². The van der Waals surface area contributed by atoms with Gasteiger partial charge in [0.05, 0.1) is 12.2 Å². The predicted molar refractivity (Wildman–Crippen MR) is 69.4 cm³/mol. The monoisotopic (exact) mass is 246 g/mol. The number of aryl methyl sites for hydroxylation is 1. The smallest absolute Gasteiger partial charge is 0.146 e. The number of rotatable bonds is 3. The third kappa shape index (κ3) is 2.61. The summed E-state index contributed by atoms with van der Waals surface area (Å²) >= 11 is 0. The van der Waals surface area contributed by atoms with Gasteiger partial charge in [-0.25, -0.2) is 4.98 Å². The fraction of sp³-hybridized carbons (Fsp3) is 0.538. The van der Waals surface area contributed by atoms with E-state index >= 15 is 0 Å². The van der Waals surface area contributed by atoms with Crippen molar-refractivity contribution in [2.24, 2.45) is 0 Å². The van der Waals surface area contributed by atoms with Crippen LogP contribution < -0.4 is 4.90 Å². The number of hydrogen-bond acceptors (Lipinski definition) is 5. The van der Waals surface area contributed by atoms with Gasteiger partial charge >= 0.3 is 0 Å². The Hall–Kier alpha value is -1.64. The van der Waals surface area contributed by atoms with Crippen LogP contribution in [0.25, 0.3) is 0 Å². The van der Waals surface area contributed by atoms with E-state index in [-0.39, 0.29) is 6.61 Å². The highest BCUT2D eigenvalue weighted by molar-refractivity contribution is 5.57. The van der Waals surface area contributed by atoms with Gasteiger partial charge in [0, 0.05) is 38.9 Å². The highest BCUT2D eigenvalue weighted by Gasteiger charge is 2.20. The summed E-state index contributed by atoms with van der Waals surface area (Å²) in [6, 6.07) is 4.10. The van der Waals surface area contributed by atoms with Gasteiger partial charge < -0.3 is 10.0 Å². The Kier molecular flexibility index (Phi) is 4.13. The van der Waals surface area contributed by atoms with Crippen LogP contribution in [0.2, 0.25) is 0 Å². The number of nitrogens with zero attached hydrogens (tertiary/aromatic N) is 4. The van der Waals surface area contributed by atoms with Gasteiger partial charge in [0.2, 0.25) is 0 Å². The summed E-state index contributed by atoms with van der Waals surface area (Å²) in [6.07, 6.45) is 1.76. The molecule has 1 aliphatic rings. The Morgan fingerprint density at radius 1 is 1.39 bits per heavy atom. The van der Waals surface area contributed by atoms with Crippen LogP contribution in [-0.4, -0.2) is 54.3 Å². The molecule has 2 rings (SSSR count). The lowest BCUT2D eigenvalue weighted by molar-refractivity contribution is 0.188. The second-order valence-corrected chi connectivity index (χ2v) is 4.49. The molecular formula is C13H18N4O. The first-order valence-electron chi connectivity index (χ1n) is 6.20. The normalized spacial score (nSPS) is 16.6. The Balaban J connectivity index is 2.10. The first kappa shape index (κ1) is 12.8. The average molecular weight is 246 g/mol. The molecule has 0 radical (unpaired) electrons. The molecule has 1 aromatic heterocycles. The van der Waals surface area contributed by atoms with E-state index in [1.54, 1.807) is 6.20 Å². The van der Waals surface area contributed by atoms with Crippen molar-refractivity contribution in [3.63, 3.8) is 0 Å². The molecule has 1 N–H and O–H groups in total. The number of aliphatic hydroxyl groups excluding tert-OH is 1. The fourth-order valence-electron chi connectivity index (χ4n) is 2.25. The SMILES string of the molecule is Cc1ccnc(N2CCN(CCO)CC2)c1C#N. The van der Waals surface area contributed by atoms with Crippen molar-refractivity contribution in [1.29, 1.82) is 5.26 Å². The summed E-state index contributed by atoms with van der Waals surface area (Å²) in [5.41, 5.74) is 1.65. The molecule has 1 aromatic rings. The van der Waals surface area contributed by atoms with Crippen LogP contribution in [0.5, 0.6) is 0 Å².